The van der Waals surface area contributed by atoms with Gasteiger partial charge in [0.2, 0.25) is 5.91 Å². The Hall–Kier alpha value is -2.12. The predicted molar refractivity (Wildman–Crippen MR) is 82.8 cm³/mol. The van der Waals surface area contributed by atoms with Crippen molar-refractivity contribution in [3.05, 3.63) is 24.3 Å². The molecule has 1 atom stereocenters. The van der Waals surface area contributed by atoms with Crippen molar-refractivity contribution in [2.45, 2.75) is 13.0 Å². The number of aliphatic hydroxyl groups is 1. The first-order chi connectivity index (χ1) is 10.6. The van der Waals surface area contributed by atoms with E-state index in [9.17, 15) is 14.7 Å². The van der Waals surface area contributed by atoms with Crippen LogP contribution in [0.4, 0.5) is 11.4 Å². The molecular formula is C15H21N3O4. The Balaban J connectivity index is 1.84. The zero-order valence-corrected chi connectivity index (χ0v) is 12.5. The van der Waals surface area contributed by atoms with Crippen molar-refractivity contribution < 1.29 is 19.4 Å². The average Bonchev–Trinajstić information content (AvgIpc) is 2.52. The molecule has 7 nitrogen and oxygen atoms in total. The predicted octanol–water partition coefficient (Wildman–Crippen LogP) is -0.0413. The minimum absolute atomic E-state index is 0.0438. The molecule has 3 N–H and O–H groups in total. The second-order valence-electron chi connectivity index (χ2n) is 5.12. The van der Waals surface area contributed by atoms with Crippen LogP contribution in [-0.4, -0.2) is 55.9 Å². The van der Waals surface area contributed by atoms with E-state index in [1.807, 2.05) is 24.3 Å². The number of carbonyl (C=O) groups is 2. The molecule has 2 rings (SSSR count). The molecule has 0 aliphatic carbocycles. The maximum Gasteiger partial charge on any atom is 0.253 e. The largest absolute Gasteiger partial charge is 0.389 e. The number of anilines is 2. The molecule has 2 amide bonds. The molecule has 1 aliphatic heterocycles. The molecule has 1 aliphatic rings. The van der Waals surface area contributed by atoms with Crippen molar-refractivity contribution in [3.8, 4) is 0 Å². The molecule has 1 aromatic rings. The zero-order valence-electron chi connectivity index (χ0n) is 12.5. The SMILES string of the molecule is CC(=O)NC[C@H](O)CNc1ccc(N2CCOCC2=O)cc1. The fourth-order valence-electron chi connectivity index (χ4n) is 2.12. The van der Waals surface area contributed by atoms with E-state index in [0.29, 0.717) is 19.7 Å². The molecule has 1 saturated heterocycles. The van der Waals surface area contributed by atoms with E-state index in [1.165, 1.54) is 6.92 Å². The number of nitrogens with zero attached hydrogens (tertiary/aromatic N) is 1. The Morgan fingerprint density at radius 1 is 1.36 bits per heavy atom. The molecule has 0 radical (unpaired) electrons. The number of carbonyl (C=O) groups excluding carboxylic acids is 2. The van der Waals surface area contributed by atoms with Crippen molar-refractivity contribution >= 4 is 23.2 Å². The maximum absolute atomic E-state index is 11.7. The van der Waals surface area contributed by atoms with Crippen LogP contribution >= 0.6 is 0 Å². The summed E-state index contributed by atoms with van der Waals surface area (Å²) in [4.78, 5) is 24.2. The van der Waals surface area contributed by atoms with E-state index in [1.54, 1.807) is 4.90 Å². The van der Waals surface area contributed by atoms with Crippen molar-refractivity contribution in [3.63, 3.8) is 0 Å². The molecule has 0 bridgehead atoms. The molecule has 7 heteroatoms. The summed E-state index contributed by atoms with van der Waals surface area (Å²) in [5.41, 5.74) is 1.67. The van der Waals surface area contributed by atoms with Gasteiger partial charge in [0.05, 0.1) is 12.7 Å². The Bertz CT molecular complexity index is 518. The Morgan fingerprint density at radius 2 is 2.09 bits per heavy atom. The maximum atomic E-state index is 11.7. The lowest BCUT2D eigenvalue weighted by Gasteiger charge is -2.27. The normalized spacial score (nSPS) is 16.3. The first-order valence-electron chi connectivity index (χ1n) is 7.21. The van der Waals surface area contributed by atoms with Crippen LogP contribution in [0.1, 0.15) is 6.92 Å². The Morgan fingerprint density at radius 3 is 2.73 bits per heavy atom. The topological polar surface area (TPSA) is 90.9 Å². The summed E-state index contributed by atoms with van der Waals surface area (Å²) in [6.45, 7) is 3.17. The van der Waals surface area contributed by atoms with Crippen LogP contribution in [0.2, 0.25) is 0 Å². The number of rotatable bonds is 6. The highest BCUT2D eigenvalue weighted by Gasteiger charge is 2.19. The summed E-state index contributed by atoms with van der Waals surface area (Å²) in [5.74, 6) is -0.212. The van der Waals surface area contributed by atoms with E-state index < -0.39 is 6.10 Å². The summed E-state index contributed by atoms with van der Waals surface area (Å²) >= 11 is 0. The minimum Gasteiger partial charge on any atom is -0.389 e. The van der Waals surface area contributed by atoms with Gasteiger partial charge in [0.25, 0.3) is 5.91 Å². The summed E-state index contributed by atoms with van der Waals surface area (Å²) in [5, 5.41) is 15.3. The van der Waals surface area contributed by atoms with Crippen LogP contribution in [0.15, 0.2) is 24.3 Å². The van der Waals surface area contributed by atoms with Crippen LogP contribution in [-0.2, 0) is 14.3 Å². The fourth-order valence-corrected chi connectivity index (χ4v) is 2.12. The molecular weight excluding hydrogens is 286 g/mol. The van der Waals surface area contributed by atoms with E-state index in [4.69, 9.17) is 4.74 Å². The summed E-state index contributed by atoms with van der Waals surface area (Å²) in [6.07, 6.45) is -0.663. The Labute approximate surface area is 129 Å². The Kier molecular flexibility index (Phi) is 5.74. The molecule has 120 valence electrons. The highest BCUT2D eigenvalue weighted by molar-refractivity contribution is 5.94. The van der Waals surface area contributed by atoms with Gasteiger partial charge in [-0.3, -0.25) is 9.59 Å². The molecule has 1 aromatic carbocycles. The van der Waals surface area contributed by atoms with Gasteiger partial charge >= 0.3 is 0 Å². The highest BCUT2D eigenvalue weighted by Crippen LogP contribution is 2.19. The standard InChI is InChI=1S/C15H21N3O4/c1-11(19)16-8-14(20)9-17-12-2-4-13(5-3-12)18-6-7-22-10-15(18)21/h2-5,14,17,20H,6-10H2,1H3,(H,16,19)/t14-/m0/s1. The van der Waals surface area contributed by atoms with Gasteiger partial charge < -0.3 is 25.4 Å². The first kappa shape index (κ1) is 16.3. The fraction of sp³-hybridized carbons (Fsp3) is 0.467. The lowest BCUT2D eigenvalue weighted by molar-refractivity contribution is -0.125. The van der Waals surface area contributed by atoms with Gasteiger partial charge in [0, 0.05) is 37.9 Å². The summed E-state index contributed by atoms with van der Waals surface area (Å²) < 4.78 is 5.10. The van der Waals surface area contributed by atoms with Gasteiger partial charge in [-0.25, -0.2) is 0 Å². The first-order valence-corrected chi connectivity index (χ1v) is 7.21. The van der Waals surface area contributed by atoms with Gasteiger partial charge in [-0.15, -0.1) is 0 Å². The lowest BCUT2D eigenvalue weighted by atomic mass is 10.2. The van der Waals surface area contributed by atoms with E-state index >= 15 is 0 Å². The van der Waals surface area contributed by atoms with Crippen LogP contribution < -0.4 is 15.5 Å². The van der Waals surface area contributed by atoms with Gasteiger partial charge in [0.15, 0.2) is 0 Å². The van der Waals surface area contributed by atoms with Crippen molar-refractivity contribution in [1.29, 1.82) is 0 Å². The number of hydrogen-bond acceptors (Lipinski definition) is 5. The number of amides is 2. The second-order valence-corrected chi connectivity index (χ2v) is 5.12. The van der Waals surface area contributed by atoms with Gasteiger partial charge in [-0.1, -0.05) is 0 Å². The van der Waals surface area contributed by atoms with E-state index in [-0.39, 0.29) is 25.0 Å². The molecule has 0 spiro atoms. The lowest BCUT2D eigenvalue weighted by Crippen LogP contribution is -2.41. The molecule has 1 heterocycles. The van der Waals surface area contributed by atoms with Gasteiger partial charge in [0.1, 0.15) is 6.61 Å². The molecule has 0 saturated carbocycles. The molecule has 1 fully saturated rings. The number of benzene rings is 1. The zero-order chi connectivity index (χ0) is 15.9. The quantitative estimate of drug-likeness (QED) is 0.686. The van der Waals surface area contributed by atoms with Crippen LogP contribution in [0.25, 0.3) is 0 Å². The monoisotopic (exact) mass is 307 g/mol. The summed E-state index contributed by atoms with van der Waals surface area (Å²) in [7, 11) is 0. The van der Waals surface area contributed by atoms with Gasteiger partial charge in [-0.2, -0.15) is 0 Å². The number of hydrogen-bond donors (Lipinski definition) is 3. The van der Waals surface area contributed by atoms with Crippen molar-refractivity contribution in [2.24, 2.45) is 0 Å². The highest BCUT2D eigenvalue weighted by atomic mass is 16.5. The number of ether oxygens (including phenoxy) is 1. The minimum atomic E-state index is -0.663. The van der Waals surface area contributed by atoms with Crippen LogP contribution in [0.3, 0.4) is 0 Å². The average molecular weight is 307 g/mol. The second kappa shape index (κ2) is 7.77. The third kappa shape index (κ3) is 4.71. The number of morpholine rings is 1. The number of nitrogens with one attached hydrogen (secondary N) is 2. The summed E-state index contributed by atoms with van der Waals surface area (Å²) in [6, 6.07) is 7.41. The van der Waals surface area contributed by atoms with Crippen LogP contribution in [0, 0.1) is 0 Å². The third-order valence-electron chi connectivity index (χ3n) is 3.29. The molecule has 22 heavy (non-hydrogen) atoms. The molecule has 0 unspecified atom stereocenters. The van der Waals surface area contributed by atoms with E-state index in [0.717, 1.165) is 11.4 Å². The smallest absolute Gasteiger partial charge is 0.253 e. The number of aliphatic hydroxyl groups excluding tert-OH is 1. The van der Waals surface area contributed by atoms with Crippen molar-refractivity contribution in [1.82, 2.24) is 5.32 Å². The third-order valence-corrected chi connectivity index (χ3v) is 3.29. The molecule has 0 aromatic heterocycles. The van der Waals surface area contributed by atoms with E-state index in [2.05, 4.69) is 10.6 Å². The van der Waals surface area contributed by atoms with Crippen molar-refractivity contribution in [2.75, 3.05) is 43.1 Å². The van der Waals surface area contributed by atoms with Crippen LogP contribution in [0.5, 0.6) is 0 Å². The van der Waals surface area contributed by atoms with Gasteiger partial charge in [-0.05, 0) is 24.3 Å².